The Balaban J connectivity index is 1.35. The largest absolute Gasteiger partial charge is 0.381 e. The predicted molar refractivity (Wildman–Crippen MR) is 107 cm³/mol. The van der Waals surface area contributed by atoms with E-state index in [4.69, 9.17) is 14.7 Å². The maximum absolute atomic E-state index is 11.3. The molecule has 2 bridgehead atoms. The van der Waals surface area contributed by atoms with Crippen molar-refractivity contribution in [1.29, 1.82) is 0 Å². The van der Waals surface area contributed by atoms with Crippen molar-refractivity contribution in [3.8, 4) is 0 Å². The minimum atomic E-state index is -0.244. The molecule has 0 aromatic heterocycles. The normalized spacial score (nSPS) is 26.4. The quantitative estimate of drug-likeness (QED) is 0.352. The number of benzene rings is 1. The fraction of sp³-hybridized carbons (Fsp3) is 0.667. The molecule has 2 fully saturated rings. The molecule has 2 aliphatic rings. The number of hydroxylamine groups is 2. The minimum Gasteiger partial charge on any atom is -0.381 e. The Kier molecular flexibility index (Phi) is 8.00. The first-order chi connectivity index (χ1) is 13.1. The molecule has 150 valence electrons. The van der Waals surface area contributed by atoms with E-state index in [-0.39, 0.29) is 5.91 Å². The van der Waals surface area contributed by atoms with E-state index in [9.17, 15) is 4.79 Å². The highest BCUT2D eigenvalue weighted by atomic mass is 32.2. The maximum Gasteiger partial charge on any atom is 0.245 e. The van der Waals surface area contributed by atoms with Crippen molar-refractivity contribution in [2.75, 3.05) is 26.0 Å². The van der Waals surface area contributed by atoms with Gasteiger partial charge < -0.3 is 9.47 Å². The van der Waals surface area contributed by atoms with Crippen LogP contribution in [0.2, 0.25) is 0 Å². The summed E-state index contributed by atoms with van der Waals surface area (Å²) in [6.45, 7) is 1.42. The molecule has 0 spiro atoms. The fourth-order valence-corrected chi connectivity index (χ4v) is 5.36. The lowest BCUT2D eigenvalue weighted by Gasteiger charge is -2.27. The van der Waals surface area contributed by atoms with Gasteiger partial charge in [-0.05, 0) is 37.0 Å². The Labute approximate surface area is 166 Å². The smallest absolute Gasteiger partial charge is 0.245 e. The third kappa shape index (κ3) is 5.95. The molecule has 3 rings (SSSR count). The Morgan fingerprint density at radius 3 is 2.70 bits per heavy atom. The number of hydrogen-bond acceptors (Lipinski definition) is 5. The summed E-state index contributed by atoms with van der Waals surface area (Å²) in [4.78, 5) is 11.3. The Morgan fingerprint density at radius 2 is 1.96 bits per heavy atom. The van der Waals surface area contributed by atoms with Gasteiger partial charge in [0.05, 0.1) is 18.8 Å². The van der Waals surface area contributed by atoms with E-state index in [1.165, 1.54) is 19.0 Å². The summed E-state index contributed by atoms with van der Waals surface area (Å²) in [6, 6.07) is 10.6. The van der Waals surface area contributed by atoms with Crippen molar-refractivity contribution in [3.05, 3.63) is 35.9 Å². The van der Waals surface area contributed by atoms with Gasteiger partial charge in [-0.2, -0.15) is 11.8 Å². The van der Waals surface area contributed by atoms with Crippen molar-refractivity contribution in [2.24, 2.45) is 11.8 Å². The first kappa shape index (κ1) is 20.6. The number of carbonyl (C=O) groups is 1. The Morgan fingerprint density at radius 1 is 1.22 bits per heavy atom. The van der Waals surface area contributed by atoms with Gasteiger partial charge in [0.2, 0.25) is 5.91 Å². The van der Waals surface area contributed by atoms with Crippen molar-refractivity contribution in [3.63, 3.8) is 0 Å². The Bertz CT molecular complexity index is 583. The van der Waals surface area contributed by atoms with Crippen LogP contribution in [0.1, 0.15) is 37.7 Å². The van der Waals surface area contributed by atoms with Crippen LogP contribution < -0.4 is 0 Å². The summed E-state index contributed by atoms with van der Waals surface area (Å²) in [5, 5.41) is 9.69. The highest BCUT2D eigenvalue weighted by molar-refractivity contribution is 7.98. The second kappa shape index (κ2) is 10.5. The zero-order chi connectivity index (χ0) is 19.1. The number of unbranched alkanes of at least 4 members (excludes halogenated alkanes) is 1. The molecule has 0 radical (unpaired) electrons. The van der Waals surface area contributed by atoms with Gasteiger partial charge in [-0.3, -0.25) is 10.0 Å². The van der Waals surface area contributed by atoms with Crippen molar-refractivity contribution in [2.45, 2.75) is 50.1 Å². The first-order valence-corrected chi connectivity index (χ1v) is 11.1. The van der Waals surface area contributed by atoms with Crippen LogP contribution in [0.3, 0.4) is 0 Å². The number of rotatable bonds is 11. The van der Waals surface area contributed by atoms with Crippen molar-refractivity contribution in [1.82, 2.24) is 5.06 Å². The number of fused-ring (bicyclic) bond motifs is 2. The first-order valence-electron chi connectivity index (χ1n) is 9.95. The van der Waals surface area contributed by atoms with Crippen molar-refractivity contribution < 1.29 is 19.5 Å². The summed E-state index contributed by atoms with van der Waals surface area (Å²) in [5.41, 5.74) is 1.38. The molecule has 4 atom stereocenters. The van der Waals surface area contributed by atoms with Gasteiger partial charge in [0.1, 0.15) is 0 Å². The minimum absolute atomic E-state index is 0.244. The molecule has 27 heavy (non-hydrogen) atoms. The standard InChI is InChI=1S/C21H31NO4S/c1-22(24)21(23)9-5-6-12-25-13-17-18(20-11-10-19(17)26-20)15-27-14-16-7-3-2-4-8-16/h2-4,7-8,17-20,24H,5-6,9-15H2,1H3/t17-,18+,19-,20+/m1/s1. The lowest BCUT2D eigenvalue weighted by atomic mass is 9.81. The van der Waals surface area contributed by atoms with Crippen molar-refractivity contribution >= 4 is 17.7 Å². The number of thioether (sulfide) groups is 1. The molecule has 2 heterocycles. The van der Waals surface area contributed by atoms with Gasteiger partial charge in [0, 0.05) is 37.7 Å². The lowest BCUT2D eigenvalue weighted by Crippen LogP contribution is -2.32. The molecule has 1 amide bonds. The van der Waals surface area contributed by atoms with Crippen LogP contribution in [-0.4, -0.2) is 54.4 Å². The molecule has 0 unspecified atom stereocenters. The highest BCUT2D eigenvalue weighted by Crippen LogP contribution is 2.45. The monoisotopic (exact) mass is 393 g/mol. The average molecular weight is 394 g/mol. The third-order valence-corrected chi connectivity index (χ3v) is 6.77. The van der Waals surface area contributed by atoms with Gasteiger partial charge in [0.15, 0.2) is 0 Å². The van der Waals surface area contributed by atoms with E-state index in [1.807, 2.05) is 11.8 Å². The van der Waals surface area contributed by atoms with Crippen LogP contribution in [0.5, 0.6) is 0 Å². The molecular formula is C21H31NO4S. The lowest BCUT2D eigenvalue weighted by molar-refractivity contribution is -0.159. The van der Waals surface area contributed by atoms with Crippen LogP contribution in [0, 0.1) is 11.8 Å². The zero-order valence-corrected chi connectivity index (χ0v) is 16.9. The van der Waals surface area contributed by atoms with Gasteiger partial charge in [-0.1, -0.05) is 30.3 Å². The molecular weight excluding hydrogens is 362 g/mol. The van der Waals surface area contributed by atoms with E-state index in [2.05, 4.69) is 30.3 Å². The SMILES string of the molecule is CN(O)C(=O)CCCCOC[C@@H]1[C@H](CSCc2ccccc2)[C@@H]2CC[C@H]1O2. The second-order valence-corrected chi connectivity index (χ2v) is 8.60. The molecule has 0 aliphatic carbocycles. The second-order valence-electron chi connectivity index (χ2n) is 7.57. The van der Waals surface area contributed by atoms with Crippen LogP contribution in [0.4, 0.5) is 0 Å². The topological polar surface area (TPSA) is 59.0 Å². The molecule has 2 saturated heterocycles. The zero-order valence-electron chi connectivity index (χ0n) is 16.1. The number of carbonyl (C=O) groups excluding carboxylic acids is 1. The summed E-state index contributed by atoms with van der Waals surface area (Å²) in [6.07, 6.45) is 5.07. The molecule has 1 aromatic rings. The van der Waals surface area contributed by atoms with E-state index in [0.717, 1.165) is 37.4 Å². The van der Waals surface area contributed by atoms with Crippen LogP contribution >= 0.6 is 11.8 Å². The van der Waals surface area contributed by atoms with Crippen LogP contribution in [0.25, 0.3) is 0 Å². The molecule has 6 heteroatoms. The molecule has 2 aliphatic heterocycles. The summed E-state index contributed by atoms with van der Waals surface area (Å²) in [5.74, 6) is 3.02. The Hall–Kier alpha value is -1.08. The number of hydrogen-bond donors (Lipinski definition) is 1. The van der Waals surface area contributed by atoms with E-state index in [1.54, 1.807) is 0 Å². The van der Waals surface area contributed by atoms with Crippen LogP contribution in [0.15, 0.2) is 30.3 Å². The number of ether oxygens (including phenoxy) is 2. The van der Waals surface area contributed by atoms with Gasteiger partial charge in [-0.15, -0.1) is 0 Å². The van der Waals surface area contributed by atoms with Gasteiger partial charge in [-0.25, -0.2) is 5.06 Å². The average Bonchev–Trinajstić information content (AvgIpc) is 3.27. The molecule has 1 N–H and O–H groups in total. The van der Waals surface area contributed by atoms with Gasteiger partial charge >= 0.3 is 0 Å². The third-order valence-electron chi connectivity index (χ3n) is 5.61. The summed E-state index contributed by atoms with van der Waals surface area (Å²) >= 11 is 2.00. The van der Waals surface area contributed by atoms with Gasteiger partial charge in [0.25, 0.3) is 0 Å². The summed E-state index contributed by atoms with van der Waals surface area (Å²) < 4.78 is 12.1. The molecule has 5 nitrogen and oxygen atoms in total. The molecule has 0 saturated carbocycles. The van der Waals surface area contributed by atoms with E-state index >= 15 is 0 Å². The maximum atomic E-state index is 11.3. The van der Waals surface area contributed by atoms with E-state index < -0.39 is 0 Å². The van der Waals surface area contributed by atoms with E-state index in [0.29, 0.717) is 42.1 Å². The predicted octanol–water partition coefficient (Wildman–Crippen LogP) is 3.75. The fourth-order valence-electron chi connectivity index (χ4n) is 4.08. The number of nitrogens with zero attached hydrogens (tertiary/aromatic N) is 1. The summed E-state index contributed by atoms with van der Waals surface area (Å²) in [7, 11) is 1.36. The highest BCUT2D eigenvalue weighted by Gasteiger charge is 2.48. The van der Waals surface area contributed by atoms with Crippen LogP contribution in [-0.2, 0) is 20.0 Å². The number of amides is 1. The molecule has 1 aromatic carbocycles.